The molecule has 1 aromatic carbocycles. The molecule has 3 rings (SSSR count). The molecule has 27 heavy (non-hydrogen) atoms. The number of hydrogen-bond donors (Lipinski definition) is 1. The molecule has 144 valence electrons. The van der Waals surface area contributed by atoms with Crippen molar-refractivity contribution in [1.29, 1.82) is 0 Å². The van der Waals surface area contributed by atoms with E-state index in [2.05, 4.69) is 31.3 Å². The maximum Gasteiger partial charge on any atom is 0.336 e. The van der Waals surface area contributed by atoms with E-state index in [9.17, 15) is 9.59 Å². The zero-order chi connectivity index (χ0) is 19.4. The van der Waals surface area contributed by atoms with Gasteiger partial charge in [0.15, 0.2) is 5.78 Å². The van der Waals surface area contributed by atoms with Crippen LogP contribution in [0.3, 0.4) is 0 Å². The molecule has 0 saturated heterocycles. The molecule has 1 aliphatic heterocycles. The summed E-state index contributed by atoms with van der Waals surface area (Å²) in [5, 5.41) is 3.33. The summed E-state index contributed by atoms with van der Waals surface area (Å²) in [6.45, 7) is 6.50. The van der Waals surface area contributed by atoms with Crippen LogP contribution in [0.2, 0.25) is 0 Å². The highest BCUT2D eigenvalue weighted by atomic mass is 16.5. The number of ketones is 1. The summed E-state index contributed by atoms with van der Waals surface area (Å²) in [6.07, 6.45) is 5.02. The molecule has 0 spiro atoms. The van der Waals surface area contributed by atoms with Crippen molar-refractivity contribution < 1.29 is 14.3 Å². The maximum absolute atomic E-state index is 12.9. The van der Waals surface area contributed by atoms with E-state index < -0.39 is 0 Å². The summed E-state index contributed by atoms with van der Waals surface area (Å²) in [6, 6.07) is 8.27. The lowest BCUT2D eigenvalue weighted by atomic mass is 9.75. The number of benzene rings is 1. The zero-order valence-corrected chi connectivity index (χ0v) is 16.6. The van der Waals surface area contributed by atoms with E-state index in [1.54, 1.807) is 0 Å². The van der Waals surface area contributed by atoms with Crippen molar-refractivity contribution in [2.24, 2.45) is 0 Å². The fourth-order valence-electron chi connectivity index (χ4n) is 3.92. The van der Waals surface area contributed by atoms with E-state index in [0.29, 0.717) is 18.6 Å². The van der Waals surface area contributed by atoms with Crippen LogP contribution in [0.4, 0.5) is 0 Å². The van der Waals surface area contributed by atoms with Gasteiger partial charge in [-0.3, -0.25) is 4.79 Å². The predicted molar refractivity (Wildman–Crippen MR) is 106 cm³/mol. The first-order chi connectivity index (χ1) is 13.1. The lowest BCUT2D eigenvalue weighted by Crippen LogP contribution is -2.34. The smallest absolute Gasteiger partial charge is 0.336 e. The first kappa shape index (κ1) is 19.4. The molecule has 1 atom stereocenters. The van der Waals surface area contributed by atoms with Crippen LogP contribution in [0.1, 0.15) is 69.9 Å². The molecule has 0 saturated carbocycles. The summed E-state index contributed by atoms with van der Waals surface area (Å²) in [7, 11) is 0. The SMILES string of the molecule is CCCCOC(=O)C1=C(C)NC2=C(C(=O)CCC2)C1c1ccc(CC)cc1. The maximum atomic E-state index is 12.9. The van der Waals surface area contributed by atoms with Gasteiger partial charge in [0.1, 0.15) is 0 Å². The summed E-state index contributed by atoms with van der Waals surface area (Å²) < 4.78 is 5.53. The molecular formula is C23H29NO3. The Hall–Kier alpha value is -2.36. The summed E-state index contributed by atoms with van der Waals surface area (Å²) >= 11 is 0. The van der Waals surface area contributed by atoms with Gasteiger partial charge in [-0.2, -0.15) is 0 Å². The molecule has 0 radical (unpaired) electrons. The number of hydrogen-bond acceptors (Lipinski definition) is 4. The Bertz CT molecular complexity index is 786. The Morgan fingerprint density at radius 2 is 1.93 bits per heavy atom. The summed E-state index contributed by atoms with van der Waals surface area (Å²) in [5.41, 5.74) is 5.32. The highest BCUT2D eigenvalue weighted by molar-refractivity contribution is 6.03. The summed E-state index contributed by atoms with van der Waals surface area (Å²) in [4.78, 5) is 25.7. The van der Waals surface area contributed by atoms with E-state index in [1.807, 2.05) is 19.1 Å². The predicted octanol–water partition coefficient (Wildman–Crippen LogP) is 4.56. The van der Waals surface area contributed by atoms with Gasteiger partial charge < -0.3 is 10.1 Å². The second kappa shape index (κ2) is 8.55. The van der Waals surface area contributed by atoms with Crippen molar-refractivity contribution >= 4 is 11.8 Å². The van der Waals surface area contributed by atoms with Gasteiger partial charge in [0.2, 0.25) is 0 Å². The fraction of sp³-hybridized carbons (Fsp3) is 0.478. The molecule has 4 heteroatoms. The average Bonchev–Trinajstić information content (AvgIpc) is 2.67. The van der Waals surface area contributed by atoms with Gasteiger partial charge >= 0.3 is 5.97 Å². The van der Waals surface area contributed by atoms with Gasteiger partial charge in [-0.15, -0.1) is 0 Å². The number of nitrogens with one attached hydrogen (secondary N) is 1. The standard InChI is InChI=1S/C23H29NO3/c1-4-6-14-27-23(26)20-15(3)24-18-8-7-9-19(25)22(18)21(20)17-12-10-16(5-2)11-13-17/h10-13,21,24H,4-9,14H2,1-3H3. The number of Topliss-reactive ketones (excluding diaryl/α,β-unsaturated/α-hetero) is 1. The number of esters is 1. The molecule has 1 aliphatic carbocycles. The number of allylic oxidation sites excluding steroid dienone is 3. The topological polar surface area (TPSA) is 55.4 Å². The molecule has 0 fully saturated rings. The molecule has 0 amide bonds. The lowest BCUT2D eigenvalue weighted by Gasteiger charge is -2.34. The number of rotatable bonds is 6. The van der Waals surface area contributed by atoms with Crippen LogP contribution in [0, 0.1) is 0 Å². The van der Waals surface area contributed by atoms with Gasteiger partial charge in [-0.1, -0.05) is 44.5 Å². The molecule has 1 N–H and O–H groups in total. The van der Waals surface area contributed by atoms with Gasteiger partial charge in [0, 0.05) is 29.3 Å². The van der Waals surface area contributed by atoms with Crippen molar-refractivity contribution in [2.45, 2.75) is 65.2 Å². The quantitative estimate of drug-likeness (QED) is 0.591. The van der Waals surface area contributed by atoms with Gasteiger partial charge in [0.05, 0.1) is 12.2 Å². The number of unbranched alkanes of at least 4 members (excludes halogenated alkanes) is 1. The molecule has 4 nitrogen and oxygen atoms in total. The largest absolute Gasteiger partial charge is 0.462 e. The molecule has 0 bridgehead atoms. The molecular weight excluding hydrogens is 338 g/mol. The number of carbonyl (C=O) groups excluding carboxylic acids is 2. The fourth-order valence-corrected chi connectivity index (χ4v) is 3.92. The Kier molecular flexibility index (Phi) is 6.15. The molecule has 1 aromatic rings. The second-order valence-corrected chi connectivity index (χ2v) is 7.35. The normalized spacial score (nSPS) is 19.7. The van der Waals surface area contributed by atoms with Gasteiger partial charge in [0.25, 0.3) is 0 Å². The van der Waals surface area contributed by atoms with Crippen LogP contribution in [0.15, 0.2) is 46.8 Å². The van der Waals surface area contributed by atoms with Crippen LogP contribution in [-0.2, 0) is 20.7 Å². The van der Waals surface area contributed by atoms with Crippen LogP contribution in [0.25, 0.3) is 0 Å². The third kappa shape index (κ3) is 4.00. The number of aryl methyl sites for hydroxylation is 1. The van der Waals surface area contributed by atoms with Crippen molar-refractivity contribution in [3.63, 3.8) is 0 Å². The van der Waals surface area contributed by atoms with E-state index >= 15 is 0 Å². The number of dihydropyridines is 1. The van der Waals surface area contributed by atoms with Gasteiger partial charge in [-0.25, -0.2) is 4.79 Å². The molecule has 2 aliphatic rings. The van der Waals surface area contributed by atoms with E-state index in [4.69, 9.17) is 4.74 Å². The first-order valence-corrected chi connectivity index (χ1v) is 10.1. The lowest BCUT2D eigenvalue weighted by molar-refractivity contribution is -0.139. The van der Waals surface area contributed by atoms with Crippen LogP contribution in [0.5, 0.6) is 0 Å². The van der Waals surface area contributed by atoms with Crippen molar-refractivity contribution in [3.05, 3.63) is 57.9 Å². The highest BCUT2D eigenvalue weighted by Crippen LogP contribution is 2.42. The van der Waals surface area contributed by atoms with Crippen LogP contribution < -0.4 is 5.32 Å². The Labute approximate surface area is 161 Å². The Morgan fingerprint density at radius 1 is 1.19 bits per heavy atom. The number of carbonyl (C=O) groups is 2. The first-order valence-electron chi connectivity index (χ1n) is 10.1. The van der Waals surface area contributed by atoms with E-state index in [-0.39, 0.29) is 17.7 Å². The van der Waals surface area contributed by atoms with Crippen LogP contribution >= 0.6 is 0 Å². The van der Waals surface area contributed by atoms with Crippen LogP contribution in [-0.4, -0.2) is 18.4 Å². The van der Waals surface area contributed by atoms with Crippen molar-refractivity contribution in [2.75, 3.05) is 6.61 Å². The zero-order valence-electron chi connectivity index (χ0n) is 16.6. The second-order valence-electron chi connectivity index (χ2n) is 7.35. The minimum absolute atomic E-state index is 0.139. The average molecular weight is 367 g/mol. The number of ether oxygens (including phenoxy) is 1. The Morgan fingerprint density at radius 3 is 2.59 bits per heavy atom. The summed E-state index contributed by atoms with van der Waals surface area (Å²) in [5.74, 6) is -0.517. The van der Waals surface area contributed by atoms with E-state index in [0.717, 1.165) is 54.6 Å². The highest BCUT2D eigenvalue weighted by Gasteiger charge is 2.38. The monoisotopic (exact) mass is 367 g/mol. The molecule has 0 aromatic heterocycles. The van der Waals surface area contributed by atoms with Crippen molar-refractivity contribution in [1.82, 2.24) is 5.32 Å². The molecule has 1 unspecified atom stereocenters. The van der Waals surface area contributed by atoms with Crippen molar-refractivity contribution in [3.8, 4) is 0 Å². The third-order valence-electron chi connectivity index (χ3n) is 5.45. The Balaban J connectivity index is 2.03. The van der Waals surface area contributed by atoms with E-state index in [1.165, 1.54) is 5.56 Å². The third-order valence-corrected chi connectivity index (χ3v) is 5.45. The minimum Gasteiger partial charge on any atom is -0.462 e. The van der Waals surface area contributed by atoms with Gasteiger partial charge in [-0.05, 0) is 43.7 Å². The molecule has 1 heterocycles. The minimum atomic E-state index is -0.339.